The summed E-state index contributed by atoms with van der Waals surface area (Å²) < 4.78 is 5.53. The first-order valence-corrected chi connectivity index (χ1v) is 6.76. The molecule has 2 amide bonds. The zero-order chi connectivity index (χ0) is 14.4. The molecule has 104 valence electrons. The van der Waals surface area contributed by atoms with Gasteiger partial charge in [0, 0.05) is 17.9 Å². The number of hydrogen-bond acceptors (Lipinski definition) is 5. The quantitative estimate of drug-likeness (QED) is 0.837. The third kappa shape index (κ3) is 4.06. The molecule has 2 N–H and O–H groups in total. The van der Waals surface area contributed by atoms with Crippen molar-refractivity contribution in [1.29, 1.82) is 0 Å². The maximum atomic E-state index is 11.6. The Bertz CT molecular complexity index is 581. The lowest BCUT2D eigenvalue weighted by atomic mass is 10.2. The average molecular weight is 291 g/mol. The summed E-state index contributed by atoms with van der Waals surface area (Å²) >= 11 is 1.51. The minimum absolute atomic E-state index is 0.332. The lowest BCUT2D eigenvalue weighted by Crippen LogP contribution is -2.40. The molecule has 0 aliphatic rings. The predicted molar refractivity (Wildman–Crippen MR) is 74.2 cm³/mol. The van der Waals surface area contributed by atoms with E-state index in [-0.39, 0.29) is 11.8 Å². The number of amides is 2. The Morgan fingerprint density at radius 3 is 2.60 bits per heavy atom. The van der Waals surface area contributed by atoms with Crippen molar-refractivity contribution < 1.29 is 14.3 Å². The molecule has 0 aliphatic heterocycles. The van der Waals surface area contributed by atoms with E-state index in [9.17, 15) is 9.59 Å². The van der Waals surface area contributed by atoms with Gasteiger partial charge in [-0.1, -0.05) is 0 Å². The molecule has 0 spiro atoms. The number of nitrogens with zero attached hydrogens (tertiary/aromatic N) is 1. The van der Waals surface area contributed by atoms with E-state index in [0.29, 0.717) is 17.9 Å². The third-order valence-corrected chi connectivity index (χ3v) is 2.97. The number of nitrogens with one attached hydrogen (secondary N) is 2. The fourth-order valence-electron chi connectivity index (χ4n) is 1.39. The fourth-order valence-corrected chi connectivity index (χ4v) is 1.93. The average Bonchev–Trinajstić information content (AvgIpc) is 2.96. The zero-order valence-corrected chi connectivity index (χ0v) is 11.6. The Balaban J connectivity index is 1.89. The Labute approximate surface area is 119 Å². The SMILES string of the molecule is CC(=O)NNC(=O)c1ccc(OCc2cscn2)cc1. The number of hydrazine groups is 1. The van der Waals surface area contributed by atoms with Crippen molar-refractivity contribution in [1.82, 2.24) is 15.8 Å². The summed E-state index contributed by atoms with van der Waals surface area (Å²) in [5.41, 5.74) is 7.55. The smallest absolute Gasteiger partial charge is 0.269 e. The fraction of sp³-hybridized carbons (Fsp3) is 0.154. The van der Waals surface area contributed by atoms with Crippen LogP contribution in [0.4, 0.5) is 0 Å². The van der Waals surface area contributed by atoms with Gasteiger partial charge < -0.3 is 4.74 Å². The summed E-state index contributed by atoms with van der Waals surface area (Å²) in [5, 5.41) is 1.91. The number of ether oxygens (including phenoxy) is 1. The first-order chi connectivity index (χ1) is 9.65. The van der Waals surface area contributed by atoms with Gasteiger partial charge in [-0.25, -0.2) is 4.98 Å². The van der Waals surface area contributed by atoms with Crippen LogP contribution < -0.4 is 15.6 Å². The van der Waals surface area contributed by atoms with Gasteiger partial charge in [0.05, 0.1) is 11.2 Å². The molecular formula is C13H13N3O3S. The zero-order valence-electron chi connectivity index (χ0n) is 10.8. The summed E-state index contributed by atoms with van der Waals surface area (Å²) in [6.45, 7) is 1.70. The number of rotatable bonds is 4. The van der Waals surface area contributed by atoms with Gasteiger partial charge in [-0.15, -0.1) is 11.3 Å². The van der Waals surface area contributed by atoms with Crippen molar-refractivity contribution >= 4 is 23.2 Å². The highest BCUT2D eigenvalue weighted by Crippen LogP contribution is 2.14. The topological polar surface area (TPSA) is 80.3 Å². The van der Waals surface area contributed by atoms with Crippen molar-refractivity contribution in [3.8, 4) is 5.75 Å². The van der Waals surface area contributed by atoms with Gasteiger partial charge in [-0.05, 0) is 24.3 Å². The van der Waals surface area contributed by atoms with E-state index >= 15 is 0 Å². The minimum atomic E-state index is -0.383. The first kappa shape index (κ1) is 14.0. The van der Waals surface area contributed by atoms with Crippen LogP contribution in [0.3, 0.4) is 0 Å². The highest BCUT2D eigenvalue weighted by atomic mass is 32.1. The minimum Gasteiger partial charge on any atom is -0.487 e. The molecule has 0 aliphatic carbocycles. The molecule has 0 bridgehead atoms. The van der Waals surface area contributed by atoms with Crippen LogP contribution in [0.1, 0.15) is 23.0 Å². The second-order valence-corrected chi connectivity index (χ2v) is 4.65. The van der Waals surface area contributed by atoms with Gasteiger partial charge in [0.1, 0.15) is 12.4 Å². The summed E-state index contributed by atoms with van der Waals surface area (Å²) in [6.07, 6.45) is 0. The molecule has 0 fully saturated rings. The number of carbonyl (C=O) groups excluding carboxylic acids is 2. The van der Waals surface area contributed by atoms with E-state index in [4.69, 9.17) is 4.74 Å². The molecule has 0 saturated carbocycles. The maximum Gasteiger partial charge on any atom is 0.269 e. The van der Waals surface area contributed by atoms with E-state index < -0.39 is 0 Å². The predicted octanol–water partition coefficient (Wildman–Crippen LogP) is 1.50. The maximum absolute atomic E-state index is 11.6. The highest BCUT2D eigenvalue weighted by molar-refractivity contribution is 7.07. The number of carbonyl (C=O) groups is 2. The van der Waals surface area contributed by atoms with Crippen LogP contribution in [0.25, 0.3) is 0 Å². The molecule has 0 unspecified atom stereocenters. The Morgan fingerprint density at radius 2 is 2.00 bits per heavy atom. The molecule has 0 atom stereocenters. The Hall–Kier alpha value is -2.41. The molecular weight excluding hydrogens is 278 g/mol. The van der Waals surface area contributed by atoms with Gasteiger partial charge in [0.2, 0.25) is 5.91 Å². The van der Waals surface area contributed by atoms with E-state index in [0.717, 1.165) is 5.69 Å². The Kier molecular flexibility index (Phi) is 4.67. The first-order valence-electron chi connectivity index (χ1n) is 5.82. The van der Waals surface area contributed by atoms with Crippen LogP contribution in [0, 0.1) is 0 Å². The van der Waals surface area contributed by atoms with Gasteiger partial charge in [-0.2, -0.15) is 0 Å². The van der Waals surface area contributed by atoms with Crippen molar-refractivity contribution in [2.75, 3.05) is 0 Å². The molecule has 20 heavy (non-hydrogen) atoms. The van der Waals surface area contributed by atoms with E-state index in [2.05, 4.69) is 15.8 Å². The summed E-state index contributed by atoms with van der Waals surface area (Å²) in [7, 11) is 0. The largest absolute Gasteiger partial charge is 0.487 e. The second-order valence-electron chi connectivity index (χ2n) is 3.93. The van der Waals surface area contributed by atoms with E-state index in [1.165, 1.54) is 18.3 Å². The number of benzene rings is 1. The van der Waals surface area contributed by atoms with Crippen LogP contribution in [0.15, 0.2) is 35.2 Å². The van der Waals surface area contributed by atoms with Gasteiger partial charge in [0.15, 0.2) is 0 Å². The summed E-state index contributed by atoms with van der Waals surface area (Å²) in [6, 6.07) is 6.62. The van der Waals surface area contributed by atoms with Gasteiger partial charge >= 0.3 is 0 Å². The monoisotopic (exact) mass is 291 g/mol. The second kappa shape index (κ2) is 6.67. The third-order valence-electron chi connectivity index (χ3n) is 2.34. The van der Waals surface area contributed by atoms with Gasteiger partial charge in [-0.3, -0.25) is 20.4 Å². The summed E-state index contributed by atoms with van der Waals surface area (Å²) in [5.74, 6) is -0.0677. The molecule has 6 nitrogen and oxygen atoms in total. The van der Waals surface area contributed by atoms with E-state index in [1.54, 1.807) is 29.8 Å². The van der Waals surface area contributed by atoms with Crippen LogP contribution in [-0.2, 0) is 11.4 Å². The van der Waals surface area contributed by atoms with Crippen molar-refractivity contribution in [3.05, 3.63) is 46.4 Å². The molecule has 1 aromatic carbocycles. The Morgan fingerprint density at radius 1 is 1.25 bits per heavy atom. The van der Waals surface area contributed by atoms with Gasteiger partial charge in [0.25, 0.3) is 5.91 Å². The van der Waals surface area contributed by atoms with E-state index in [1.807, 2.05) is 5.38 Å². The molecule has 0 radical (unpaired) electrons. The number of hydrogen-bond donors (Lipinski definition) is 2. The molecule has 1 aromatic heterocycles. The lowest BCUT2D eigenvalue weighted by molar-refractivity contribution is -0.119. The van der Waals surface area contributed by atoms with Crippen LogP contribution >= 0.6 is 11.3 Å². The summed E-state index contributed by atoms with van der Waals surface area (Å²) in [4.78, 5) is 26.4. The van der Waals surface area contributed by atoms with Crippen LogP contribution in [0.5, 0.6) is 5.75 Å². The molecule has 2 aromatic rings. The number of thiazole rings is 1. The van der Waals surface area contributed by atoms with Crippen molar-refractivity contribution in [3.63, 3.8) is 0 Å². The van der Waals surface area contributed by atoms with Crippen LogP contribution in [0.2, 0.25) is 0 Å². The standard InChI is InChI=1S/C13H13N3O3S/c1-9(17)15-16-13(18)10-2-4-12(5-3-10)19-6-11-7-20-8-14-11/h2-5,7-8H,6H2,1H3,(H,15,17)(H,16,18). The molecule has 2 rings (SSSR count). The molecule has 0 saturated heterocycles. The lowest BCUT2D eigenvalue weighted by Gasteiger charge is -2.07. The molecule has 1 heterocycles. The highest BCUT2D eigenvalue weighted by Gasteiger charge is 2.06. The van der Waals surface area contributed by atoms with Crippen molar-refractivity contribution in [2.45, 2.75) is 13.5 Å². The van der Waals surface area contributed by atoms with Crippen LogP contribution in [-0.4, -0.2) is 16.8 Å². The van der Waals surface area contributed by atoms with Crippen molar-refractivity contribution in [2.24, 2.45) is 0 Å². The normalized spacial score (nSPS) is 9.85. The molecule has 7 heteroatoms. The number of aromatic nitrogens is 1.